The monoisotopic (exact) mass is 326 g/mol. The molecule has 2 N–H and O–H groups in total. The van der Waals surface area contributed by atoms with Gasteiger partial charge in [-0.3, -0.25) is 0 Å². The number of thiophene rings is 1. The van der Waals surface area contributed by atoms with Gasteiger partial charge in [-0.25, -0.2) is 23.1 Å². The van der Waals surface area contributed by atoms with Crippen LogP contribution in [0.15, 0.2) is 23.2 Å². The van der Waals surface area contributed by atoms with E-state index < -0.39 is 10.0 Å². The van der Waals surface area contributed by atoms with Crippen molar-refractivity contribution in [1.82, 2.24) is 20.0 Å². The van der Waals surface area contributed by atoms with Crippen molar-refractivity contribution in [3.8, 4) is 0 Å². The zero-order valence-electron chi connectivity index (χ0n) is 12.2. The maximum Gasteiger partial charge on any atom is 0.242 e. The van der Waals surface area contributed by atoms with E-state index >= 15 is 0 Å². The average molecular weight is 326 g/mol. The molecule has 0 saturated carbocycles. The summed E-state index contributed by atoms with van der Waals surface area (Å²) in [5.41, 5.74) is 0.648. The molecule has 0 unspecified atom stereocenters. The van der Waals surface area contributed by atoms with Gasteiger partial charge >= 0.3 is 0 Å². The van der Waals surface area contributed by atoms with Gasteiger partial charge in [0, 0.05) is 22.5 Å². The van der Waals surface area contributed by atoms with Crippen LogP contribution in [0.2, 0.25) is 0 Å². The van der Waals surface area contributed by atoms with Crippen LogP contribution >= 0.6 is 11.3 Å². The molecule has 0 amide bonds. The molecule has 0 fully saturated rings. The lowest BCUT2D eigenvalue weighted by atomic mass is 10.4. The molecule has 0 aromatic carbocycles. The van der Waals surface area contributed by atoms with Gasteiger partial charge in [-0.1, -0.05) is 0 Å². The molecule has 8 heteroatoms. The van der Waals surface area contributed by atoms with E-state index in [0.29, 0.717) is 23.0 Å². The van der Waals surface area contributed by atoms with E-state index in [-0.39, 0.29) is 6.54 Å². The average Bonchev–Trinajstić information content (AvgIpc) is 2.79. The summed E-state index contributed by atoms with van der Waals surface area (Å²) in [5, 5.41) is 3.02. The third-order valence-electron chi connectivity index (χ3n) is 2.84. The van der Waals surface area contributed by atoms with Crippen molar-refractivity contribution in [1.29, 1.82) is 0 Å². The van der Waals surface area contributed by atoms with E-state index in [1.807, 2.05) is 14.0 Å². The smallest absolute Gasteiger partial charge is 0.242 e. The maximum absolute atomic E-state index is 12.4. The zero-order valence-corrected chi connectivity index (χ0v) is 13.8. The molecule has 0 saturated heterocycles. The van der Waals surface area contributed by atoms with Crippen molar-refractivity contribution in [3.05, 3.63) is 39.6 Å². The van der Waals surface area contributed by atoms with Gasteiger partial charge in [-0.15, -0.1) is 11.3 Å². The highest BCUT2D eigenvalue weighted by atomic mass is 32.2. The fourth-order valence-electron chi connectivity index (χ4n) is 1.90. The lowest BCUT2D eigenvalue weighted by molar-refractivity contribution is 0.580. The Balaban J connectivity index is 2.15. The molecule has 6 nitrogen and oxygen atoms in total. The first kappa shape index (κ1) is 16.0. The first-order chi connectivity index (χ1) is 9.92. The first-order valence-electron chi connectivity index (χ1n) is 6.44. The van der Waals surface area contributed by atoms with Crippen molar-refractivity contribution in [2.75, 3.05) is 7.05 Å². The van der Waals surface area contributed by atoms with Gasteiger partial charge in [-0.05, 0) is 33.0 Å². The molecule has 0 aliphatic heterocycles. The molecule has 0 radical (unpaired) electrons. The topological polar surface area (TPSA) is 84.0 Å². The molecule has 2 aromatic rings. The van der Waals surface area contributed by atoms with Crippen LogP contribution < -0.4 is 10.0 Å². The Kier molecular flexibility index (Phi) is 5.04. The van der Waals surface area contributed by atoms with E-state index in [2.05, 4.69) is 20.0 Å². The van der Waals surface area contributed by atoms with Crippen LogP contribution in [0, 0.1) is 13.8 Å². The second-order valence-electron chi connectivity index (χ2n) is 4.58. The highest BCUT2D eigenvalue weighted by Gasteiger charge is 2.19. The molecule has 0 aliphatic rings. The quantitative estimate of drug-likeness (QED) is 0.837. The second kappa shape index (κ2) is 6.61. The third-order valence-corrected chi connectivity index (χ3v) is 5.55. The molecular weight excluding hydrogens is 308 g/mol. The number of hydrogen-bond acceptors (Lipinski definition) is 6. The van der Waals surface area contributed by atoms with Gasteiger partial charge in [0.15, 0.2) is 0 Å². The Morgan fingerprint density at radius 2 is 2.05 bits per heavy atom. The lowest BCUT2D eigenvalue weighted by Crippen LogP contribution is -2.24. The number of aromatic nitrogens is 2. The number of nitrogens with one attached hydrogen (secondary N) is 2. The van der Waals surface area contributed by atoms with Gasteiger partial charge in [0.1, 0.15) is 5.82 Å². The van der Waals surface area contributed by atoms with Crippen LogP contribution in [0.1, 0.15) is 21.3 Å². The second-order valence-corrected chi connectivity index (χ2v) is 7.66. The Hall–Kier alpha value is -1.35. The van der Waals surface area contributed by atoms with Crippen molar-refractivity contribution in [2.45, 2.75) is 31.8 Å². The summed E-state index contributed by atoms with van der Waals surface area (Å²) in [4.78, 5) is 10.3. The fraction of sp³-hybridized carbons (Fsp3) is 0.385. The number of sulfonamides is 1. The van der Waals surface area contributed by atoms with Gasteiger partial charge in [0.05, 0.1) is 17.1 Å². The van der Waals surface area contributed by atoms with Crippen molar-refractivity contribution >= 4 is 21.4 Å². The van der Waals surface area contributed by atoms with Gasteiger partial charge in [0.25, 0.3) is 0 Å². The van der Waals surface area contributed by atoms with Gasteiger partial charge < -0.3 is 5.32 Å². The van der Waals surface area contributed by atoms with E-state index in [9.17, 15) is 8.42 Å². The van der Waals surface area contributed by atoms with Crippen molar-refractivity contribution in [3.63, 3.8) is 0 Å². The van der Waals surface area contributed by atoms with Crippen LogP contribution in [0.5, 0.6) is 0 Å². The Morgan fingerprint density at radius 3 is 2.71 bits per heavy atom. The molecule has 2 aromatic heterocycles. The van der Waals surface area contributed by atoms with Crippen LogP contribution in [0.4, 0.5) is 0 Å². The number of nitrogens with zero attached hydrogens (tertiary/aromatic N) is 2. The lowest BCUT2D eigenvalue weighted by Gasteiger charge is -2.06. The summed E-state index contributed by atoms with van der Waals surface area (Å²) in [6.45, 7) is 4.40. The third kappa shape index (κ3) is 4.07. The molecule has 21 heavy (non-hydrogen) atoms. The van der Waals surface area contributed by atoms with Crippen LogP contribution in [-0.2, 0) is 23.1 Å². The predicted octanol–water partition coefficient (Wildman–Crippen LogP) is 1.35. The summed E-state index contributed by atoms with van der Waals surface area (Å²) < 4.78 is 27.3. The summed E-state index contributed by atoms with van der Waals surface area (Å²) in [5.74, 6) is 0.620. The summed E-state index contributed by atoms with van der Waals surface area (Å²) in [6.07, 6.45) is 1.62. The molecular formula is C13H18N4O2S2. The normalized spacial score (nSPS) is 11.8. The van der Waals surface area contributed by atoms with Crippen LogP contribution in [-0.4, -0.2) is 25.4 Å². The molecule has 114 valence electrons. The summed E-state index contributed by atoms with van der Waals surface area (Å²) in [7, 11) is -1.69. The number of rotatable bonds is 6. The fourth-order valence-corrected chi connectivity index (χ4v) is 4.55. The van der Waals surface area contributed by atoms with Crippen LogP contribution in [0.25, 0.3) is 0 Å². The Bertz CT molecular complexity index is 726. The van der Waals surface area contributed by atoms with Crippen molar-refractivity contribution in [2.24, 2.45) is 0 Å². The zero-order chi connectivity index (χ0) is 15.5. The summed E-state index contributed by atoms with van der Waals surface area (Å²) >= 11 is 1.48. The highest BCUT2D eigenvalue weighted by molar-refractivity contribution is 7.89. The van der Waals surface area contributed by atoms with Gasteiger partial charge in [-0.2, -0.15) is 0 Å². The van der Waals surface area contributed by atoms with Crippen molar-refractivity contribution < 1.29 is 8.42 Å². The predicted molar refractivity (Wildman–Crippen MR) is 82.6 cm³/mol. The molecule has 0 bridgehead atoms. The maximum atomic E-state index is 12.4. The number of hydrogen-bond donors (Lipinski definition) is 2. The van der Waals surface area contributed by atoms with E-state index in [1.54, 1.807) is 25.3 Å². The molecule has 0 atom stereocenters. The molecule has 2 heterocycles. The minimum absolute atomic E-state index is 0.155. The SMILES string of the molecule is CNCc1cc(S(=O)(=O)NCc2ccnc(C)n2)c(C)s1. The Morgan fingerprint density at radius 1 is 1.29 bits per heavy atom. The standard InChI is InChI=1S/C13H18N4O2S2/c1-9-13(6-12(20-9)8-14-3)21(18,19)16-7-11-4-5-15-10(2)17-11/h4-6,14,16H,7-8H2,1-3H3. The minimum Gasteiger partial charge on any atom is -0.315 e. The summed E-state index contributed by atoms with van der Waals surface area (Å²) in [6, 6.07) is 3.41. The van der Waals surface area contributed by atoms with Crippen LogP contribution in [0.3, 0.4) is 0 Å². The number of aryl methyl sites for hydroxylation is 2. The minimum atomic E-state index is -3.53. The van der Waals surface area contributed by atoms with Gasteiger partial charge in [0.2, 0.25) is 10.0 Å². The largest absolute Gasteiger partial charge is 0.315 e. The van der Waals surface area contributed by atoms with E-state index in [1.165, 1.54) is 11.3 Å². The first-order valence-corrected chi connectivity index (χ1v) is 8.74. The Labute approximate surface area is 128 Å². The highest BCUT2D eigenvalue weighted by Crippen LogP contribution is 2.25. The molecule has 0 aliphatic carbocycles. The molecule has 2 rings (SSSR count). The van der Waals surface area contributed by atoms with E-state index in [4.69, 9.17) is 0 Å². The molecule has 0 spiro atoms. The van der Waals surface area contributed by atoms with E-state index in [0.717, 1.165) is 9.75 Å².